The van der Waals surface area contributed by atoms with E-state index in [9.17, 15) is 4.39 Å². The van der Waals surface area contributed by atoms with Crippen LogP contribution >= 0.6 is 0 Å². The lowest BCUT2D eigenvalue weighted by Crippen LogP contribution is -2.25. The quantitative estimate of drug-likeness (QED) is 0.733. The summed E-state index contributed by atoms with van der Waals surface area (Å²) in [5, 5.41) is 3.26. The number of rotatable bonds is 6. The summed E-state index contributed by atoms with van der Waals surface area (Å²) in [4.78, 5) is 0. The van der Waals surface area contributed by atoms with Gasteiger partial charge in [0.1, 0.15) is 5.82 Å². The first-order chi connectivity index (χ1) is 7.67. The van der Waals surface area contributed by atoms with Crippen molar-refractivity contribution in [1.29, 1.82) is 0 Å². The molecular formula is C12H19FN2O. The number of hydrogen-bond donors (Lipinski definition) is 2. The van der Waals surface area contributed by atoms with Crippen molar-refractivity contribution in [2.24, 2.45) is 0 Å². The van der Waals surface area contributed by atoms with Gasteiger partial charge in [0.15, 0.2) is 0 Å². The van der Waals surface area contributed by atoms with Crippen LogP contribution in [0.1, 0.15) is 19.8 Å². The van der Waals surface area contributed by atoms with E-state index in [1.165, 1.54) is 12.1 Å². The molecule has 0 heterocycles. The fraction of sp³-hybridized carbons (Fsp3) is 0.500. The van der Waals surface area contributed by atoms with Gasteiger partial charge in [0.25, 0.3) is 0 Å². The van der Waals surface area contributed by atoms with Crippen LogP contribution < -0.4 is 11.1 Å². The molecule has 3 nitrogen and oxygen atoms in total. The Morgan fingerprint density at radius 2 is 2.25 bits per heavy atom. The largest absolute Gasteiger partial charge is 0.397 e. The number of hydrogen-bond acceptors (Lipinski definition) is 3. The molecule has 1 rings (SSSR count). The minimum atomic E-state index is -0.318. The van der Waals surface area contributed by atoms with Crippen LogP contribution in [0.2, 0.25) is 0 Å². The van der Waals surface area contributed by atoms with Crippen LogP contribution in [0.5, 0.6) is 0 Å². The number of halogens is 1. The van der Waals surface area contributed by atoms with Crippen LogP contribution in [0.25, 0.3) is 0 Å². The summed E-state index contributed by atoms with van der Waals surface area (Å²) in [6.45, 7) is 2.73. The highest BCUT2D eigenvalue weighted by atomic mass is 19.1. The van der Waals surface area contributed by atoms with Gasteiger partial charge in [-0.05, 0) is 24.6 Å². The van der Waals surface area contributed by atoms with Crippen molar-refractivity contribution in [3.63, 3.8) is 0 Å². The van der Waals surface area contributed by atoms with Crippen molar-refractivity contribution in [2.45, 2.75) is 25.8 Å². The van der Waals surface area contributed by atoms with E-state index < -0.39 is 0 Å². The van der Waals surface area contributed by atoms with E-state index in [1.54, 1.807) is 13.2 Å². The number of nitrogen functional groups attached to an aromatic ring is 1. The minimum absolute atomic E-state index is 0.211. The van der Waals surface area contributed by atoms with E-state index in [4.69, 9.17) is 10.5 Å². The molecule has 0 aliphatic rings. The molecule has 0 saturated carbocycles. The van der Waals surface area contributed by atoms with E-state index >= 15 is 0 Å². The first-order valence-electron chi connectivity index (χ1n) is 5.47. The molecule has 1 aromatic rings. The van der Waals surface area contributed by atoms with Crippen molar-refractivity contribution < 1.29 is 9.13 Å². The van der Waals surface area contributed by atoms with Crippen molar-refractivity contribution >= 4 is 11.4 Å². The van der Waals surface area contributed by atoms with E-state index in [0.29, 0.717) is 12.3 Å². The number of anilines is 2. The molecule has 1 aromatic carbocycles. The summed E-state index contributed by atoms with van der Waals surface area (Å²) < 4.78 is 18.0. The predicted molar refractivity (Wildman–Crippen MR) is 65.0 cm³/mol. The molecule has 1 atom stereocenters. The highest BCUT2D eigenvalue weighted by molar-refractivity contribution is 5.66. The number of nitrogens with two attached hydrogens (primary N) is 1. The SMILES string of the molecule is CCCC(COC)Nc1ccc(F)cc1N. The zero-order valence-electron chi connectivity index (χ0n) is 9.79. The maximum Gasteiger partial charge on any atom is 0.125 e. The summed E-state index contributed by atoms with van der Waals surface area (Å²) in [5.74, 6) is -0.318. The highest BCUT2D eigenvalue weighted by Crippen LogP contribution is 2.20. The van der Waals surface area contributed by atoms with Crippen molar-refractivity contribution in [1.82, 2.24) is 0 Å². The molecule has 0 aliphatic heterocycles. The first kappa shape index (κ1) is 12.8. The second-order valence-electron chi connectivity index (χ2n) is 3.82. The minimum Gasteiger partial charge on any atom is -0.397 e. The molecule has 4 heteroatoms. The zero-order valence-corrected chi connectivity index (χ0v) is 9.79. The Morgan fingerprint density at radius 1 is 1.50 bits per heavy atom. The summed E-state index contributed by atoms with van der Waals surface area (Å²) in [7, 11) is 1.67. The molecule has 0 radical (unpaired) electrons. The van der Waals surface area contributed by atoms with Crippen molar-refractivity contribution in [3.8, 4) is 0 Å². The molecule has 3 N–H and O–H groups in total. The average molecular weight is 226 g/mol. The Morgan fingerprint density at radius 3 is 2.81 bits per heavy atom. The van der Waals surface area contributed by atoms with E-state index in [1.807, 2.05) is 0 Å². The summed E-state index contributed by atoms with van der Waals surface area (Å²) in [6, 6.07) is 4.58. The Kier molecular flexibility index (Phi) is 5.05. The fourth-order valence-electron chi connectivity index (χ4n) is 1.63. The molecule has 0 amide bonds. The Hall–Kier alpha value is -1.29. The highest BCUT2D eigenvalue weighted by Gasteiger charge is 2.09. The molecule has 0 aliphatic carbocycles. The number of benzene rings is 1. The van der Waals surface area contributed by atoms with Crippen LogP contribution in [-0.2, 0) is 4.74 Å². The standard InChI is InChI=1S/C12H19FN2O/c1-3-4-10(8-16-2)15-12-6-5-9(13)7-11(12)14/h5-7,10,15H,3-4,8,14H2,1-2H3. The molecule has 1 unspecified atom stereocenters. The first-order valence-corrected chi connectivity index (χ1v) is 5.47. The number of ether oxygens (including phenoxy) is 1. The topological polar surface area (TPSA) is 47.3 Å². The van der Waals surface area contributed by atoms with E-state index in [0.717, 1.165) is 18.5 Å². The maximum absolute atomic E-state index is 12.8. The monoisotopic (exact) mass is 226 g/mol. The summed E-state index contributed by atoms with van der Waals surface area (Å²) >= 11 is 0. The van der Waals surface area contributed by atoms with Crippen LogP contribution in [0.4, 0.5) is 15.8 Å². The van der Waals surface area contributed by atoms with Crippen LogP contribution in [0, 0.1) is 5.82 Å². The zero-order chi connectivity index (χ0) is 12.0. The smallest absolute Gasteiger partial charge is 0.125 e. The average Bonchev–Trinajstić information content (AvgIpc) is 2.23. The van der Waals surface area contributed by atoms with Gasteiger partial charge in [-0.2, -0.15) is 0 Å². The third-order valence-corrected chi connectivity index (χ3v) is 2.38. The molecule has 90 valence electrons. The van der Waals surface area contributed by atoms with Gasteiger partial charge < -0.3 is 15.8 Å². The third kappa shape index (κ3) is 3.70. The lowest BCUT2D eigenvalue weighted by molar-refractivity contribution is 0.182. The van der Waals surface area contributed by atoms with E-state index in [-0.39, 0.29) is 11.9 Å². The van der Waals surface area contributed by atoms with E-state index in [2.05, 4.69) is 12.2 Å². The number of methoxy groups -OCH3 is 1. The lowest BCUT2D eigenvalue weighted by Gasteiger charge is -2.19. The second-order valence-corrected chi connectivity index (χ2v) is 3.82. The molecule has 0 saturated heterocycles. The molecule has 0 fully saturated rings. The van der Waals surface area contributed by atoms with Gasteiger partial charge in [-0.25, -0.2) is 4.39 Å². The van der Waals surface area contributed by atoms with Gasteiger partial charge in [0.05, 0.1) is 18.0 Å². The number of nitrogens with one attached hydrogen (secondary N) is 1. The van der Waals surface area contributed by atoms with Crippen LogP contribution in [0.3, 0.4) is 0 Å². The molecule has 0 aromatic heterocycles. The summed E-state index contributed by atoms with van der Waals surface area (Å²) in [6.07, 6.45) is 2.05. The van der Waals surface area contributed by atoms with Gasteiger partial charge in [-0.3, -0.25) is 0 Å². The second kappa shape index (κ2) is 6.33. The predicted octanol–water partition coefficient (Wildman–Crippen LogP) is 2.63. The Bertz CT molecular complexity index is 325. The van der Waals surface area contributed by atoms with Gasteiger partial charge in [-0.15, -0.1) is 0 Å². The summed E-state index contributed by atoms with van der Waals surface area (Å²) in [5.41, 5.74) is 6.91. The molecule has 0 spiro atoms. The van der Waals surface area contributed by atoms with Crippen LogP contribution in [-0.4, -0.2) is 19.8 Å². The van der Waals surface area contributed by atoms with Crippen LogP contribution in [0.15, 0.2) is 18.2 Å². The lowest BCUT2D eigenvalue weighted by atomic mass is 10.1. The molecule has 0 bridgehead atoms. The van der Waals surface area contributed by atoms with Gasteiger partial charge >= 0.3 is 0 Å². The van der Waals surface area contributed by atoms with Gasteiger partial charge in [0.2, 0.25) is 0 Å². The maximum atomic E-state index is 12.8. The Labute approximate surface area is 95.8 Å². The normalized spacial score (nSPS) is 12.4. The fourth-order valence-corrected chi connectivity index (χ4v) is 1.63. The third-order valence-electron chi connectivity index (χ3n) is 2.38. The van der Waals surface area contributed by atoms with Crippen molar-refractivity contribution in [2.75, 3.05) is 24.8 Å². The van der Waals surface area contributed by atoms with Gasteiger partial charge in [0, 0.05) is 13.2 Å². The van der Waals surface area contributed by atoms with Gasteiger partial charge in [-0.1, -0.05) is 13.3 Å². The van der Waals surface area contributed by atoms with Crippen molar-refractivity contribution in [3.05, 3.63) is 24.0 Å². The molecular weight excluding hydrogens is 207 g/mol. The Balaban J connectivity index is 2.68. The molecule has 16 heavy (non-hydrogen) atoms.